The van der Waals surface area contributed by atoms with Crippen molar-refractivity contribution in [3.63, 3.8) is 0 Å². The molecule has 0 atom stereocenters. The number of piperidine rings is 1. The van der Waals surface area contributed by atoms with Crippen LogP contribution in [0.2, 0.25) is 0 Å². The van der Waals surface area contributed by atoms with Crippen LogP contribution in [0.15, 0.2) is 24.3 Å². The van der Waals surface area contributed by atoms with E-state index in [0.29, 0.717) is 25.8 Å². The van der Waals surface area contributed by atoms with Crippen molar-refractivity contribution in [2.24, 2.45) is 0 Å². The highest BCUT2D eigenvalue weighted by Gasteiger charge is 2.31. The average molecular weight is 247 g/mol. The van der Waals surface area contributed by atoms with E-state index in [1.165, 1.54) is 12.1 Å². The summed E-state index contributed by atoms with van der Waals surface area (Å²) in [6, 6.07) is 6.35. The number of terminal acetylenes is 1. The normalized spacial score (nSPS) is 19.4. The van der Waals surface area contributed by atoms with E-state index in [1.54, 1.807) is 12.1 Å². The average Bonchev–Trinajstić information content (AvgIpc) is 2.36. The number of hydrogen-bond donors (Lipinski definition) is 1. The van der Waals surface area contributed by atoms with Gasteiger partial charge in [-0.15, -0.1) is 6.42 Å². The van der Waals surface area contributed by atoms with E-state index < -0.39 is 5.60 Å². The molecule has 0 aliphatic carbocycles. The van der Waals surface area contributed by atoms with Gasteiger partial charge in [-0.1, -0.05) is 18.1 Å². The van der Waals surface area contributed by atoms with Crippen LogP contribution in [0.5, 0.6) is 0 Å². The van der Waals surface area contributed by atoms with E-state index in [0.717, 1.165) is 18.7 Å². The molecule has 1 aliphatic heterocycles. The van der Waals surface area contributed by atoms with Gasteiger partial charge in [0.15, 0.2) is 0 Å². The number of rotatable bonds is 3. The molecule has 1 fully saturated rings. The Balaban J connectivity index is 1.93. The fourth-order valence-corrected chi connectivity index (χ4v) is 2.42. The number of hydrogen-bond acceptors (Lipinski definition) is 2. The van der Waals surface area contributed by atoms with Gasteiger partial charge in [-0.05, 0) is 30.5 Å². The smallest absolute Gasteiger partial charge is 0.123 e. The number of likely N-dealkylation sites (tertiary alicyclic amines) is 1. The van der Waals surface area contributed by atoms with Crippen molar-refractivity contribution in [1.82, 2.24) is 4.90 Å². The molecule has 2 nitrogen and oxygen atoms in total. The second kappa shape index (κ2) is 5.51. The predicted molar refractivity (Wildman–Crippen MR) is 69.6 cm³/mol. The summed E-state index contributed by atoms with van der Waals surface area (Å²) in [6.07, 6.45) is 7.28. The second-order valence-corrected chi connectivity index (χ2v) is 5.01. The molecule has 0 unspecified atom stereocenters. The third kappa shape index (κ3) is 3.32. The maximum Gasteiger partial charge on any atom is 0.123 e. The summed E-state index contributed by atoms with van der Waals surface area (Å²) >= 11 is 0. The highest BCUT2D eigenvalue weighted by molar-refractivity contribution is 5.18. The zero-order valence-electron chi connectivity index (χ0n) is 10.4. The van der Waals surface area contributed by atoms with Crippen LogP contribution in [0.3, 0.4) is 0 Å². The van der Waals surface area contributed by atoms with E-state index in [4.69, 9.17) is 6.42 Å². The van der Waals surface area contributed by atoms with Gasteiger partial charge in [-0.2, -0.15) is 0 Å². The molecular weight excluding hydrogens is 229 g/mol. The largest absolute Gasteiger partial charge is 0.389 e. The molecule has 0 amide bonds. The zero-order chi connectivity index (χ0) is 13.0. The molecule has 18 heavy (non-hydrogen) atoms. The third-order valence-electron chi connectivity index (χ3n) is 3.55. The van der Waals surface area contributed by atoms with Crippen molar-refractivity contribution in [3.05, 3.63) is 35.6 Å². The van der Waals surface area contributed by atoms with Crippen LogP contribution in [0.4, 0.5) is 4.39 Å². The number of halogens is 1. The Kier molecular flexibility index (Phi) is 4.00. The van der Waals surface area contributed by atoms with E-state index in [2.05, 4.69) is 10.8 Å². The van der Waals surface area contributed by atoms with E-state index in [-0.39, 0.29) is 5.82 Å². The summed E-state index contributed by atoms with van der Waals surface area (Å²) in [5.41, 5.74) is 0.299. The molecule has 0 saturated carbocycles. The lowest BCUT2D eigenvalue weighted by Gasteiger charge is -2.37. The lowest BCUT2D eigenvalue weighted by atomic mass is 9.85. The standard InChI is InChI=1S/C15H18FNO/c1-2-9-17-10-7-15(18,8-11-17)12-13-3-5-14(16)6-4-13/h1,3-6,18H,7-12H2. The summed E-state index contributed by atoms with van der Waals surface area (Å²) in [5, 5.41) is 10.5. The topological polar surface area (TPSA) is 23.5 Å². The Bertz CT molecular complexity index is 427. The van der Waals surface area contributed by atoms with Crippen molar-refractivity contribution in [2.75, 3.05) is 19.6 Å². The zero-order valence-corrected chi connectivity index (χ0v) is 10.4. The molecular formula is C15H18FNO. The first kappa shape index (κ1) is 13.1. The van der Waals surface area contributed by atoms with Crippen molar-refractivity contribution >= 4 is 0 Å². The highest BCUT2D eigenvalue weighted by atomic mass is 19.1. The van der Waals surface area contributed by atoms with Crippen LogP contribution in [-0.2, 0) is 6.42 Å². The maximum absolute atomic E-state index is 12.8. The van der Waals surface area contributed by atoms with Crippen LogP contribution in [0.25, 0.3) is 0 Å². The fraction of sp³-hybridized carbons (Fsp3) is 0.467. The minimum Gasteiger partial charge on any atom is -0.389 e. The molecule has 3 heteroatoms. The summed E-state index contributed by atoms with van der Waals surface area (Å²) < 4.78 is 12.8. The molecule has 0 radical (unpaired) electrons. The molecule has 1 saturated heterocycles. The van der Waals surface area contributed by atoms with Gasteiger partial charge < -0.3 is 5.11 Å². The SMILES string of the molecule is C#CCN1CCC(O)(Cc2ccc(F)cc2)CC1. The molecule has 1 aliphatic rings. The molecule has 96 valence electrons. The first-order chi connectivity index (χ1) is 8.61. The molecule has 2 rings (SSSR count). The monoisotopic (exact) mass is 247 g/mol. The van der Waals surface area contributed by atoms with Crippen molar-refractivity contribution < 1.29 is 9.50 Å². The molecule has 1 heterocycles. The van der Waals surface area contributed by atoms with Crippen molar-refractivity contribution in [1.29, 1.82) is 0 Å². The Labute approximate surface area is 107 Å². The molecule has 1 N–H and O–H groups in total. The summed E-state index contributed by atoms with van der Waals surface area (Å²) in [4.78, 5) is 2.17. The van der Waals surface area contributed by atoms with Crippen molar-refractivity contribution in [3.8, 4) is 12.3 Å². The Hall–Kier alpha value is -1.37. The van der Waals surface area contributed by atoms with E-state index >= 15 is 0 Å². The van der Waals surface area contributed by atoms with Gasteiger partial charge >= 0.3 is 0 Å². The number of benzene rings is 1. The van der Waals surface area contributed by atoms with Crippen LogP contribution in [0.1, 0.15) is 18.4 Å². The van der Waals surface area contributed by atoms with Gasteiger partial charge in [0.05, 0.1) is 12.1 Å². The second-order valence-electron chi connectivity index (χ2n) is 5.01. The number of aliphatic hydroxyl groups is 1. The molecule has 0 spiro atoms. The van der Waals surface area contributed by atoms with Gasteiger partial charge in [0.1, 0.15) is 5.82 Å². The van der Waals surface area contributed by atoms with Crippen LogP contribution in [-0.4, -0.2) is 35.2 Å². The van der Waals surface area contributed by atoms with Gasteiger partial charge in [0.2, 0.25) is 0 Å². The van der Waals surface area contributed by atoms with Gasteiger partial charge in [-0.3, -0.25) is 4.90 Å². The lowest BCUT2D eigenvalue weighted by molar-refractivity contribution is -0.0177. The minimum atomic E-state index is -0.678. The minimum absolute atomic E-state index is 0.241. The van der Waals surface area contributed by atoms with Gasteiger partial charge in [0, 0.05) is 19.5 Å². The van der Waals surface area contributed by atoms with Gasteiger partial charge in [0.25, 0.3) is 0 Å². The Morgan fingerprint density at radius 3 is 2.44 bits per heavy atom. The van der Waals surface area contributed by atoms with E-state index in [9.17, 15) is 9.50 Å². The third-order valence-corrected chi connectivity index (χ3v) is 3.55. The summed E-state index contributed by atoms with van der Waals surface area (Å²) in [6.45, 7) is 2.29. The summed E-state index contributed by atoms with van der Waals surface area (Å²) in [5.74, 6) is 2.38. The molecule has 1 aromatic carbocycles. The quantitative estimate of drug-likeness (QED) is 0.824. The Morgan fingerprint density at radius 1 is 1.28 bits per heavy atom. The highest BCUT2D eigenvalue weighted by Crippen LogP contribution is 2.26. The van der Waals surface area contributed by atoms with Crippen LogP contribution >= 0.6 is 0 Å². The van der Waals surface area contributed by atoms with E-state index in [1.807, 2.05) is 0 Å². The first-order valence-corrected chi connectivity index (χ1v) is 6.24. The summed E-state index contributed by atoms with van der Waals surface area (Å²) in [7, 11) is 0. The maximum atomic E-state index is 12.8. The van der Waals surface area contributed by atoms with Gasteiger partial charge in [-0.25, -0.2) is 4.39 Å². The Morgan fingerprint density at radius 2 is 1.89 bits per heavy atom. The number of nitrogens with zero attached hydrogens (tertiary/aromatic N) is 1. The van der Waals surface area contributed by atoms with Crippen LogP contribution in [0, 0.1) is 18.2 Å². The van der Waals surface area contributed by atoms with Crippen LogP contribution < -0.4 is 0 Å². The molecule has 0 bridgehead atoms. The lowest BCUT2D eigenvalue weighted by Crippen LogP contribution is -2.45. The molecule has 0 aromatic heterocycles. The fourth-order valence-electron chi connectivity index (χ4n) is 2.42. The van der Waals surface area contributed by atoms with Crippen molar-refractivity contribution in [2.45, 2.75) is 24.9 Å². The molecule has 1 aromatic rings. The first-order valence-electron chi connectivity index (χ1n) is 6.24. The predicted octanol–water partition coefficient (Wildman–Crippen LogP) is 1.83.